The van der Waals surface area contributed by atoms with Crippen LogP contribution in [-0.2, 0) is 33.0 Å². The predicted molar refractivity (Wildman–Crippen MR) is 60.4 cm³/mol. The van der Waals surface area contributed by atoms with Gasteiger partial charge in [0, 0.05) is 23.5 Å². The Bertz CT molecular complexity index is 459. The second-order valence-electron chi connectivity index (χ2n) is 3.39. The molecule has 0 aliphatic rings. The number of benzene rings is 1. The van der Waals surface area contributed by atoms with E-state index in [1.807, 2.05) is 30.3 Å². The zero-order valence-corrected chi connectivity index (χ0v) is 10.7. The summed E-state index contributed by atoms with van der Waals surface area (Å²) in [6, 6.07) is 9.51. The molecular weight excluding hydrogens is 282 g/mol. The van der Waals surface area contributed by atoms with E-state index < -0.39 is 17.4 Å². The molecule has 99 valence electrons. The summed E-state index contributed by atoms with van der Waals surface area (Å²) in [5.74, 6) is -1.41. The molecule has 0 unspecified atom stereocenters. The van der Waals surface area contributed by atoms with Crippen molar-refractivity contribution in [3.8, 4) is 0 Å². The molecule has 0 aliphatic heterocycles. The minimum absolute atomic E-state index is 0. The molecule has 1 aromatic carbocycles. The minimum atomic E-state index is -0.844. The molecule has 0 fully saturated rings. The Labute approximate surface area is 117 Å². The Morgan fingerprint density at radius 3 is 2.50 bits per heavy atom. The van der Waals surface area contributed by atoms with Crippen molar-refractivity contribution < 1.29 is 31.7 Å². The smallest absolute Gasteiger partial charge is 0.335 e. The van der Waals surface area contributed by atoms with Crippen molar-refractivity contribution in [3.63, 3.8) is 0 Å². The van der Waals surface area contributed by atoms with Gasteiger partial charge in [-0.25, -0.2) is 4.85 Å². The van der Waals surface area contributed by atoms with Crippen LogP contribution in [0, 0.1) is 6.57 Å². The third kappa shape index (κ3) is 5.05. The predicted octanol–water partition coefficient (Wildman–Crippen LogP) is 1.28. The first-order valence-electron chi connectivity index (χ1n) is 5.11. The molecule has 1 rings (SSSR count). The van der Waals surface area contributed by atoms with Gasteiger partial charge in [0.1, 0.15) is 0 Å². The first kappa shape index (κ1) is 16.2. The molecule has 1 radical (unpaired) electrons. The van der Waals surface area contributed by atoms with E-state index in [0.29, 0.717) is 6.42 Å². The number of carbonyl (C=O) groups is 1. The molecule has 0 N–H and O–H groups in total. The van der Waals surface area contributed by atoms with Gasteiger partial charge < -0.3 is 9.84 Å². The molecule has 0 aliphatic carbocycles. The van der Waals surface area contributed by atoms with Crippen molar-refractivity contribution in [2.75, 3.05) is 6.61 Å². The molecule has 0 aromatic heterocycles. The molecule has 0 spiro atoms. The van der Waals surface area contributed by atoms with Crippen LogP contribution >= 0.6 is 0 Å². The van der Waals surface area contributed by atoms with E-state index in [2.05, 4.69) is 4.85 Å². The maximum absolute atomic E-state index is 11.3. The number of esters is 1. The summed E-state index contributed by atoms with van der Waals surface area (Å²) in [6.45, 7) is 8.02. The maximum atomic E-state index is 11.3. The zero-order valence-electron chi connectivity index (χ0n) is 9.77. The summed E-state index contributed by atoms with van der Waals surface area (Å²) in [5, 5.41) is 10.9. The van der Waals surface area contributed by atoms with Crippen LogP contribution in [-0.4, -0.2) is 12.6 Å². The molecule has 0 bridgehead atoms. The molecular formula is C13H12CuNO3-. The number of allylic oxidation sites excluding steroid dienone is 1. The molecule has 0 atom stereocenters. The van der Waals surface area contributed by atoms with Crippen LogP contribution in [0.2, 0.25) is 0 Å². The van der Waals surface area contributed by atoms with E-state index in [4.69, 9.17) is 11.3 Å². The number of nitrogens with zero attached hydrogens (tertiary/aromatic N) is 1. The summed E-state index contributed by atoms with van der Waals surface area (Å²) < 4.78 is 4.85. The molecule has 0 saturated carbocycles. The van der Waals surface area contributed by atoms with E-state index in [1.54, 1.807) is 0 Å². The third-order valence-electron chi connectivity index (χ3n) is 2.11. The van der Waals surface area contributed by atoms with Crippen molar-refractivity contribution in [3.05, 3.63) is 58.8 Å². The standard InChI is InChI=1S/C13H13NO3.Cu/c1-10(15)12(14-2)13(16)17-9-8-11-6-4-3-5-7-11;/h3-7,15H,8-9H2,1H3;/p-1/b12-10+;. The molecule has 0 heterocycles. The largest absolute Gasteiger partial charge is 0.884 e. The average molecular weight is 294 g/mol. The molecule has 1 aromatic rings. The van der Waals surface area contributed by atoms with Crippen LogP contribution < -0.4 is 5.11 Å². The fourth-order valence-electron chi connectivity index (χ4n) is 1.24. The van der Waals surface area contributed by atoms with Crippen molar-refractivity contribution in [2.45, 2.75) is 13.3 Å². The number of ether oxygens (including phenoxy) is 1. The normalized spacial score (nSPS) is 10.7. The van der Waals surface area contributed by atoms with Crippen molar-refractivity contribution >= 4 is 5.97 Å². The fourth-order valence-corrected chi connectivity index (χ4v) is 1.24. The molecule has 5 heteroatoms. The summed E-state index contributed by atoms with van der Waals surface area (Å²) in [5.41, 5.74) is 0.561. The molecule has 0 amide bonds. The van der Waals surface area contributed by atoms with Gasteiger partial charge in [0.05, 0.1) is 13.2 Å². The quantitative estimate of drug-likeness (QED) is 0.276. The Morgan fingerprint density at radius 2 is 2.00 bits per heavy atom. The van der Waals surface area contributed by atoms with Gasteiger partial charge in [-0.3, -0.25) is 4.79 Å². The van der Waals surface area contributed by atoms with Crippen molar-refractivity contribution in [2.24, 2.45) is 0 Å². The maximum Gasteiger partial charge on any atom is 0.335 e. The Kier molecular flexibility index (Phi) is 7.53. The van der Waals surface area contributed by atoms with Gasteiger partial charge in [0.2, 0.25) is 0 Å². The second-order valence-corrected chi connectivity index (χ2v) is 3.39. The van der Waals surface area contributed by atoms with E-state index in [9.17, 15) is 9.90 Å². The van der Waals surface area contributed by atoms with Crippen LogP contribution in [0.25, 0.3) is 4.85 Å². The molecule has 0 saturated heterocycles. The van der Waals surface area contributed by atoms with Gasteiger partial charge in [-0.2, -0.15) is 0 Å². The first-order chi connectivity index (χ1) is 8.15. The van der Waals surface area contributed by atoms with E-state index >= 15 is 0 Å². The van der Waals surface area contributed by atoms with Crippen LogP contribution in [0.4, 0.5) is 0 Å². The van der Waals surface area contributed by atoms with Gasteiger partial charge in [-0.15, -0.1) is 5.76 Å². The van der Waals surface area contributed by atoms with Crippen molar-refractivity contribution in [1.29, 1.82) is 0 Å². The van der Waals surface area contributed by atoms with E-state index in [-0.39, 0.29) is 23.7 Å². The van der Waals surface area contributed by atoms with Crippen LogP contribution in [0.5, 0.6) is 0 Å². The Balaban J connectivity index is 0.00000289. The first-order valence-corrected chi connectivity index (χ1v) is 5.11. The number of carbonyl (C=O) groups excluding carboxylic acids is 1. The van der Waals surface area contributed by atoms with Gasteiger partial charge in [0.25, 0.3) is 5.70 Å². The van der Waals surface area contributed by atoms with Gasteiger partial charge in [-0.05, 0) is 5.56 Å². The number of hydrogen-bond donors (Lipinski definition) is 0. The molecule has 4 nitrogen and oxygen atoms in total. The summed E-state index contributed by atoms with van der Waals surface area (Å²) >= 11 is 0. The fraction of sp³-hybridized carbons (Fsp3) is 0.231. The Hall–Kier alpha value is -1.76. The average Bonchev–Trinajstić information content (AvgIpc) is 2.30. The SMILES string of the molecule is [C-]#[N+]/C(C(=O)OCCc1ccccc1)=C(\C)[O-].[Cu]. The third-order valence-corrected chi connectivity index (χ3v) is 2.11. The topological polar surface area (TPSA) is 53.7 Å². The van der Waals surface area contributed by atoms with Crippen LogP contribution in [0.15, 0.2) is 41.8 Å². The summed E-state index contributed by atoms with van der Waals surface area (Å²) in [4.78, 5) is 14.2. The van der Waals surface area contributed by atoms with E-state index in [0.717, 1.165) is 5.56 Å². The van der Waals surface area contributed by atoms with Gasteiger partial charge in [-0.1, -0.05) is 37.3 Å². The zero-order chi connectivity index (χ0) is 12.7. The van der Waals surface area contributed by atoms with Crippen LogP contribution in [0.3, 0.4) is 0 Å². The molecule has 18 heavy (non-hydrogen) atoms. The number of hydrogen-bond acceptors (Lipinski definition) is 3. The minimum Gasteiger partial charge on any atom is -0.884 e. The van der Waals surface area contributed by atoms with Crippen LogP contribution in [0.1, 0.15) is 12.5 Å². The van der Waals surface area contributed by atoms with Crippen molar-refractivity contribution in [1.82, 2.24) is 0 Å². The summed E-state index contributed by atoms with van der Waals surface area (Å²) in [6.07, 6.45) is 0.565. The monoisotopic (exact) mass is 293 g/mol. The van der Waals surface area contributed by atoms with Gasteiger partial charge in [0.15, 0.2) is 0 Å². The second kappa shape index (κ2) is 8.35. The van der Waals surface area contributed by atoms with Gasteiger partial charge >= 0.3 is 5.97 Å². The summed E-state index contributed by atoms with van der Waals surface area (Å²) in [7, 11) is 0. The Morgan fingerprint density at radius 1 is 1.39 bits per heavy atom. The number of rotatable bonds is 4. The van der Waals surface area contributed by atoms with E-state index in [1.165, 1.54) is 6.92 Å².